The summed E-state index contributed by atoms with van der Waals surface area (Å²) in [5.74, 6) is -1.47. The molecule has 0 unspecified atom stereocenters. The Bertz CT molecular complexity index is 410. The van der Waals surface area contributed by atoms with Crippen molar-refractivity contribution in [1.82, 2.24) is 10.4 Å². The van der Waals surface area contributed by atoms with Gasteiger partial charge in [0.05, 0.1) is 13.0 Å². The van der Waals surface area contributed by atoms with Gasteiger partial charge in [-0.1, -0.05) is 0 Å². The average Bonchev–Trinajstić information content (AvgIpc) is 2.57. The maximum Gasteiger partial charge on any atom is 0.414 e. The van der Waals surface area contributed by atoms with E-state index in [0.717, 1.165) is 0 Å². The molecule has 0 aromatic rings. The topological polar surface area (TPSA) is 102 Å². The zero-order chi connectivity index (χ0) is 15.3. The molecule has 1 aliphatic heterocycles. The normalized spacial score (nSPS) is 15.4. The lowest BCUT2D eigenvalue weighted by Crippen LogP contribution is -2.37. The molecule has 0 aromatic carbocycles. The Morgan fingerprint density at radius 3 is 2.25 bits per heavy atom. The second kappa shape index (κ2) is 6.47. The molecule has 20 heavy (non-hydrogen) atoms. The van der Waals surface area contributed by atoms with Crippen molar-refractivity contribution in [2.45, 2.75) is 45.6 Å². The van der Waals surface area contributed by atoms with E-state index < -0.39 is 29.4 Å². The molecule has 1 rings (SSSR count). The smallest absolute Gasteiger partial charge is 0.414 e. The number of carbonyl (C=O) groups excluding carboxylic acids is 4. The van der Waals surface area contributed by atoms with Crippen LogP contribution < -0.4 is 5.32 Å². The molecule has 112 valence electrons. The highest BCUT2D eigenvalue weighted by molar-refractivity contribution is 6.00. The molecule has 0 aromatic heterocycles. The predicted molar refractivity (Wildman–Crippen MR) is 66.0 cm³/mol. The molecular formula is C12H18N2O6. The van der Waals surface area contributed by atoms with Crippen molar-refractivity contribution in [2.24, 2.45) is 0 Å². The first kappa shape index (κ1) is 16.1. The summed E-state index contributed by atoms with van der Waals surface area (Å²) in [6.07, 6.45) is -0.793. The average molecular weight is 286 g/mol. The van der Waals surface area contributed by atoms with Gasteiger partial charge in [0.2, 0.25) is 5.91 Å². The highest BCUT2D eigenvalue weighted by Crippen LogP contribution is 2.12. The largest absolute Gasteiger partial charge is 0.444 e. The van der Waals surface area contributed by atoms with Gasteiger partial charge in [-0.2, -0.15) is 5.06 Å². The van der Waals surface area contributed by atoms with Gasteiger partial charge in [-0.3, -0.25) is 24.5 Å². The van der Waals surface area contributed by atoms with Crippen molar-refractivity contribution in [1.29, 1.82) is 0 Å². The van der Waals surface area contributed by atoms with Gasteiger partial charge < -0.3 is 4.74 Å². The van der Waals surface area contributed by atoms with Crippen LogP contribution in [0.15, 0.2) is 0 Å². The highest BCUT2D eigenvalue weighted by Gasteiger charge is 2.30. The summed E-state index contributed by atoms with van der Waals surface area (Å²) in [6.45, 7) is 4.84. The number of rotatable bonds is 4. The van der Waals surface area contributed by atoms with Gasteiger partial charge >= 0.3 is 6.09 Å². The number of carbonyl (C=O) groups is 4. The molecule has 0 spiro atoms. The minimum Gasteiger partial charge on any atom is -0.444 e. The Morgan fingerprint density at radius 1 is 1.20 bits per heavy atom. The summed E-state index contributed by atoms with van der Waals surface area (Å²) < 4.78 is 4.89. The van der Waals surface area contributed by atoms with Crippen molar-refractivity contribution >= 4 is 23.8 Å². The Balaban J connectivity index is 2.25. The van der Waals surface area contributed by atoms with E-state index in [1.807, 2.05) is 5.32 Å². The molecule has 0 atom stereocenters. The standard InChI is InChI=1S/C12H18N2O6/c1-12(2,3)20-11(18)13-8(15)6-7-19-14-9(16)4-5-10(14)17/h4-7H2,1-3H3,(H,13,15,18). The van der Waals surface area contributed by atoms with Gasteiger partial charge in [0, 0.05) is 12.8 Å². The van der Waals surface area contributed by atoms with Crippen LogP contribution in [0.2, 0.25) is 0 Å². The number of hydrogen-bond donors (Lipinski definition) is 1. The molecule has 1 fully saturated rings. The van der Waals surface area contributed by atoms with E-state index in [9.17, 15) is 19.2 Å². The number of ether oxygens (including phenoxy) is 1. The monoisotopic (exact) mass is 286 g/mol. The van der Waals surface area contributed by atoms with Gasteiger partial charge in [-0.25, -0.2) is 4.79 Å². The van der Waals surface area contributed by atoms with Crippen LogP contribution >= 0.6 is 0 Å². The molecule has 0 bridgehead atoms. The maximum absolute atomic E-state index is 11.4. The van der Waals surface area contributed by atoms with E-state index in [4.69, 9.17) is 9.57 Å². The summed E-state index contributed by atoms with van der Waals surface area (Å²) in [5, 5.41) is 2.67. The molecule has 1 aliphatic rings. The summed E-state index contributed by atoms with van der Waals surface area (Å²) in [4.78, 5) is 50.0. The third-order valence-corrected chi connectivity index (χ3v) is 2.20. The minimum absolute atomic E-state index is 0.114. The molecule has 1 heterocycles. The number of amides is 4. The van der Waals surface area contributed by atoms with Crippen LogP contribution in [0.4, 0.5) is 4.79 Å². The van der Waals surface area contributed by atoms with Gasteiger partial charge in [0.25, 0.3) is 11.8 Å². The lowest BCUT2D eigenvalue weighted by molar-refractivity contribution is -0.188. The molecule has 8 nitrogen and oxygen atoms in total. The van der Waals surface area contributed by atoms with Crippen molar-refractivity contribution in [3.63, 3.8) is 0 Å². The third-order valence-electron chi connectivity index (χ3n) is 2.20. The Kier molecular flexibility index (Phi) is 5.20. The Morgan fingerprint density at radius 2 is 1.75 bits per heavy atom. The molecule has 0 saturated carbocycles. The van der Waals surface area contributed by atoms with Crippen molar-refractivity contribution in [3.05, 3.63) is 0 Å². The van der Waals surface area contributed by atoms with Crippen molar-refractivity contribution in [3.8, 4) is 0 Å². The zero-order valence-corrected chi connectivity index (χ0v) is 11.7. The van der Waals surface area contributed by atoms with Crippen LogP contribution in [0.1, 0.15) is 40.0 Å². The maximum atomic E-state index is 11.4. The minimum atomic E-state index is -0.851. The molecule has 0 radical (unpaired) electrons. The number of hydrogen-bond acceptors (Lipinski definition) is 6. The molecule has 1 N–H and O–H groups in total. The zero-order valence-electron chi connectivity index (χ0n) is 11.7. The number of imide groups is 2. The summed E-state index contributed by atoms with van der Waals surface area (Å²) in [5.41, 5.74) is -0.699. The Hall–Kier alpha value is -1.96. The van der Waals surface area contributed by atoms with Crippen molar-refractivity contribution in [2.75, 3.05) is 6.61 Å². The number of hydroxylamine groups is 2. The Labute approximate surface area is 116 Å². The fourth-order valence-electron chi connectivity index (χ4n) is 1.41. The van der Waals surface area contributed by atoms with E-state index in [1.54, 1.807) is 20.8 Å². The van der Waals surface area contributed by atoms with Crippen LogP contribution in [0.3, 0.4) is 0 Å². The third kappa shape index (κ3) is 5.35. The number of alkyl carbamates (subject to hydrolysis) is 1. The molecule has 1 saturated heterocycles. The molecule has 8 heteroatoms. The van der Waals surface area contributed by atoms with E-state index >= 15 is 0 Å². The summed E-state index contributed by atoms with van der Waals surface area (Å²) in [7, 11) is 0. The predicted octanol–water partition coefficient (Wildman–Crippen LogP) is 0.508. The van der Waals surface area contributed by atoms with E-state index in [2.05, 4.69) is 0 Å². The fourth-order valence-corrected chi connectivity index (χ4v) is 1.41. The first-order chi connectivity index (χ1) is 9.19. The molecule has 4 amide bonds. The number of nitrogens with zero attached hydrogens (tertiary/aromatic N) is 1. The van der Waals surface area contributed by atoms with E-state index in [-0.39, 0.29) is 25.9 Å². The highest BCUT2D eigenvalue weighted by atomic mass is 16.7. The van der Waals surface area contributed by atoms with E-state index in [0.29, 0.717) is 5.06 Å². The van der Waals surface area contributed by atoms with Crippen LogP contribution in [-0.4, -0.2) is 41.1 Å². The first-order valence-corrected chi connectivity index (χ1v) is 6.20. The lowest BCUT2D eigenvalue weighted by atomic mass is 10.2. The lowest BCUT2D eigenvalue weighted by Gasteiger charge is -2.19. The van der Waals surface area contributed by atoms with Crippen LogP contribution in [0.5, 0.6) is 0 Å². The van der Waals surface area contributed by atoms with Crippen LogP contribution in [0.25, 0.3) is 0 Å². The summed E-state index contributed by atoms with van der Waals surface area (Å²) in [6, 6.07) is 0. The first-order valence-electron chi connectivity index (χ1n) is 6.20. The second-order valence-corrected chi connectivity index (χ2v) is 5.22. The van der Waals surface area contributed by atoms with Gasteiger partial charge in [-0.15, -0.1) is 0 Å². The number of nitrogens with one attached hydrogen (secondary N) is 1. The molecule has 0 aliphatic carbocycles. The van der Waals surface area contributed by atoms with Crippen molar-refractivity contribution < 1.29 is 28.8 Å². The van der Waals surface area contributed by atoms with E-state index in [1.165, 1.54) is 0 Å². The van der Waals surface area contributed by atoms with Gasteiger partial charge in [0.15, 0.2) is 0 Å². The van der Waals surface area contributed by atoms with Crippen LogP contribution in [0, 0.1) is 0 Å². The van der Waals surface area contributed by atoms with Gasteiger partial charge in [0.1, 0.15) is 5.60 Å². The van der Waals surface area contributed by atoms with Crippen LogP contribution in [-0.2, 0) is 24.0 Å². The molecular weight excluding hydrogens is 268 g/mol. The summed E-state index contributed by atoms with van der Waals surface area (Å²) >= 11 is 0. The fraction of sp³-hybridized carbons (Fsp3) is 0.667. The SMILES string of the molecule is CC(C)(C)OC(=O)NC(=O)CCON1C(=O)CCC1=O. The van der Waals surface area contributed by atoms with Gasteiger partial charge in [-0.05, 0) is 20.8 Å². The quantitative estimate of drug-likeness (QED) is 0.755. The second-order valence-electron chi connectivity index (χ2n) is 5.22.